The van der Waals surface area contributed by atoms with Crippen LogP contribution in [0.5, 0.6) is 0 Å². The summed E-state index contributed by atoms with van der Waals surface area (Å²) in [5.74, 6) is -0.622. The van der Waals surface area contributed by atoms with Crippen LogP contribution in [-0.4, -0.2) is 98.7 Å². The number of hydrogen-bond donors (Lipinski definition) is 7. The highest BCUT2D eigenvalue weighted by molar-refractivity contribution is 5.80. The van der Waals surface area contributed by atoms with E-state index in [1.165, 1.54) is 225 Å². The molecule has 0 aromatic carbocycles. The van der Waals surface area contributed by atoms with E-state index in [-0.39, 0.29) is 6.61 Å². The second-order valence-electron chi connectivity index (χ2n) is 21.6. The van der Waals surface area contributed by atoms with Gasteiger partial charge < -0.3 is 45.4 Å². The number of aliphatic hydroxyl groups is 6. The van der Waals surface area contributed by atoms with Crippen molar-refractivity contribution >= 4 is 5.91 Å². The number of nitrogens with one attached hydrogen (secondary N) is 1. The molecule has 0 aromatic rings. The Morgan fingerprint density at radius 2 is 0.819 bits per heavy atom. The van der Waals surface area contributed by atoms with Crippen molar-refractivity contribution in [2.24, 2.45) is 0 Å². The van der Waals surface area contributed by atoms with Crippen molar-refractivity contribution in [3.05, 3.63) is 36.5 Å². The van der Waals surface area contributed by atoms with Gasteiger partial charge in [0, 0.05) is 0 Å². The van der Waals surface area contributed by atoms with Gasteiger partial charge in [-0.2, -0.15) is 0 Å². The smallest absolute Gasteiger partial charge is 0.249 e. The molecule has 1 rings (SSSR count). The minimum atomic E-state index is -1.62. The first-order chi connectivity index (χ1) is 35.3. The third-order valence-electron chi connectivity index (χ3n) is 14.8. The van der Waals surface area contributed by atoms with Gasteiger partial charge in [-0.1, -0.05) is 269 Å². The number of allylic oxidation sites excluding steroid dienone is 5. The molecule has 424 valence electrons. The molecule has 0 saturated carbocycles. The van der Waals surface area contributed by atoms with E-state index in [1.807, 2.05) is 6.08 Å². The van der Waals surface area contributed by atoms with Crippen LogP contribution in [0.1, 0.15) is 290 Å². The van der Waals surface area contributed by atoms with E-state index in [2.05, 4.69) is 43.5 Å². The molecule has 0 aromatic heterocycles. The highest BCUT2D eigenvalue weighted by Gasteiger charge is 2.44. The summed E-state index contributed by atoms with van der Waals surface area (Å²) >= 11 is 0. The van der Waals surface area contributed by atoms with Crippen LogP contribution in [0.3, 0.4) is 0 Å². The molecule has 72 heavy (non-hydrogen) atoms. The molecule has 1 aliphatic rings. The van der Waals surface area contributed by atoms with Crippen LogP contribution in [0.15, 0.2) is 36.5 Å². The normalized spacial score (nSPS) is 19.8. The lowest BCUT2D eigenvalue weighted by Gasteiger charge is -2.40. The maximum Gasteiger partial charge on any atom is 0.249 e. The van der Waals surface area contributed by atoms with Gasteiger partial charge in [-0.05, 0) is 57.8 Å². The number of unbranched alkanes of at least 4 members (excludes halogenated alkanes) is 38. The SMILES string of the molecule is CCCCCCCCCCCCC/C=C/CC/C=C/C(O)C(COC1OC(CO)C(O)C(O)C1O)NC(=O)C(O)CCCCCCCCCCCCCCCC/C=C\CCCCCCCCCCCCCC. The van der Waals surface area contributed by atoms with Crippen LogP contribution in [0, 0.1) is 0 Å². The van der Waals surface area contributed by atoms with Crippen molar-refractivity contribution in [3.8, 4) is 0 Å². The number of hydrogen-bond acceptors (Lipinski definition) is 9. The predicted molar refractivity (Wildman–Crippen MR) is 301 cm³/mol. The predicted octanol–water partition coefficient (Wildman–Crippen LogP) is 14.5. The zero-order valence-electron chi connectivity index (χ0n) is 46.8. The van der Waals surface area contributed by atoms with E-state index in [9.17, 15) is 35.4 Å². The van der Waals surface area contributed by atoms with Gasteiger partial charge in [0.15, 0.2) is 6.29 Å². The van der Waals surface area contributed by atoms with Gasteiger partial charge in [0.05, 0.1) is 25.4 Å². The van der Waals surface area contributed by atoms with Crippen molar-refractivity contribution < 1.29 is 44.9 Å². The second kappa shape index (κ2) is 51.5. The van der Waals surface area contributed by atoms with E-state index in [0.717, 1.165) is 32.1 Å². The number of aliphatic hydroxyl groups excluding tert-OH is 6. The van der Waals surface area contributed by atoms with E-state index in [0.29, 0.717) is 19.3 Å². The first-order valence-electron chi connectivity index (χ1n) is 30.8. The molecule has 0 bridgehead atoms. The molecule has 1 aliphatic heterocycles. The Balaban J connectivity index is 2.20. The number of carbonyl (C=O) groups excluding carboxylic acids is 1. The van der Waals surface area contributed by atoms with Crippen LogP contribution in [0.25, 0.3) is 0 Å². The fourth-order valence-electron chi connectivity index (χ4n) is 9.82. The Bertz CT molecular complexity index is 1240. The molecule has 1 fully saturated rings. The molecule has 10 nitrogen and oxygen atoms in total. The number of rotatable bonds is 53. The number of ether oxygens (including phenoxy) is 2. The first kappa shape index (κ1) is 68.4. The third-order valence-corrected chi connectivity index (χ3v) is 14.8. The molecule has 1 amide bonds. The fraction of sp³-hybridized carbons (Fsp3) is 0.887. The standard InChI is InChI=1S/C62H117NO9/c1-3-5-7-9-11-13-15-17-19-21-22-23-24-25-26-27-28-29-30-31-32-33-35-37-39-41-43-45-47-49-51-56(66)61(70)63-54(53-71-62-60(69)59(68)58(67)57(52-64)72-62)55(65)50-48-46-44-42-40-38-36-34-20-18-16-14-12-10-8-6-4-2/h25-26,40,42,48,50,54-60,62,64-69H,3-24,27-39,41,43-47,49,51-53H2,1-2H3,(H,63,70)/b26-25-,42-40+,50-48+. The van der Waals surface area contributed by atoms with E-state index in [1.54, 1.807) is 6.08 Å². The molecule has 8 atom stereocenters. The van der Waals surface area contributed by atoms with Crippen LogP contribution in [-0.2, 0) is 14.3 Å². The third kappa shape index (κ3) is 39.7. The summed E-state index contributed by atoms with van der Waals surface area (Å²) in [5.41, 5.74) is 0. The molecule has 0 radical (unpaired) electrons. The van der Waals surface area contributed by atoms with Gasteiger partial charge >= 0.3 is 0 Å². The summed E-state index contributed by atoms with van der Waals surface area (Å²) in [6.07, 6.45) is 56.9. The molecule has 7 N–H and O–H groups in total. The molecule has 1 saturated heterocycles. The number of amides is 1. The molecule has 0 spiro atoms. The summed E-state index contributed by atoms with van der Waals surface area (Å²) < 4.78 is 11.2. The zero-order valence-corrected chi connectivity index (χ0v) is 46.8. The lowest BCUT2D eigenvalue weighted by molar-refractivity contribution is -0.302. The van der Waals surface area contributed by atoms with Gasteiger partial charge in [-0.15, -0.1) is 0 Å². The largest absolute Gasteiger partial charge is 0.394 e. The molecule has 10 heteroatoms. The Hall–Kier alpha value is -1.63. The van der Waals surface area contributed by atoms with Gasteiger partial charge in [-0.25, -0.2) is 0 Å². The zero-order chi connectivity index (χ0) is 52.4. The minimum absolute atomic E-state index is 0.305. The van der Waals surface area contributed by atoms with Gasteiger partial charge in [-0.3, -0.25) is 4.79 Å². The molecule has 0 aliphatic carbocycles. The first-order valence-corrected chi connectivity index (χ1v) is 30.8. The van der Waals surface area contributed by atoms with Crippen molar-refractivity contribution in [1.82, 2.24) is 5.32 Å². The summed E-state index contributed by atoms with van der Waals surface area (Å²) in [6, 6.07) is -0.997. The van der Waals surface area contributed by atoms with Gasteiger partial charge in [0.1, 0.15) is 30.5 Å². The fourth-order valence-corrected chi connectivity index (χ4v) is 9.82. The van der Waals surface area contributed by atoms with E-state index >= 15 is 0 Å². The van der Waals surface area contributed by atoms with Crippen LogP contribution < -0.4 is 5.32 Å². The summed E-state index contributed by atoms with van der Waals surface area (Å²) in [7, 11) is 0. The van der Waals surface area contributed by atoms with E-state index < -0.39 is 61.5 Å². The number of carbonyl (C=O) groups is 1. The average Bonchev–Trinajstić information content (AvgIpc) is 3.38. The lowest BCUT2D eigenvalue weighted by atomic mass is 9.99. The van der Waals surface area contributed by atoms with Crippen molar-refractivity contribution in [3.63, 3.8) is 0 Å². The van der Waals surface area contributed by atoms with Crippen molar-refractivity contribution in [2.75, 3.05) is 13.2 Å². The lowest BCUT2D eigenvalue weighted by Crippen LogP contribution is -2.60. The Morgan fingerprint density at radius 1 is 0.472 bits per heavy atom. The van der Waals surface area contributed by atoms with Gasteiger partial charge in [0.2, 0.25) is 5.91 Å². The molecular formula is C62H117NO9. The highest BCUT2D eigenvalue weighted by Crippen LogP contribution is 2.23. The Morgan fingerprint density at radius 3 is 1.21 bits per heavy atom. The van der Waals surface area contributed by atoms with Crippen molar-refractivity contribution in [1.29, 1.82) is 0 Å². The summed E-state index contributed by atoms with van der Waals surface area (Å²) in [5, 5.41) is 65.1. The Kier molecular flexibility index (Phi) is 48.9. The summed E-state index contributed by atoms with van der Waals surface area (Å²) in [6.45, 7) is 3.63. The molecule has 1 heterocycles. The van der Waals surface area contributed by atoms with E-state index in [4.69, 9.17) is 9.47 Å². The quantitative estimate of drug-likeness (QED) is 0.0232. The van der Waals surface area contributed by atoms with Crippen LogP contribution in [0.2, 0.25) is 0 Å². The summed E-state index contributed by atoms with van der Waals surface area (Å²) in [4.78, 5) is 13.1. The second-order valence-corrected chi connectivity index (χ2v) is 21.6. The molecule has 8 unspecified atom stereocenters. The maximum atomic E-state index is 13.1. The van der Waals surface area contributed by atoms with Crippen LogP contribution >= 0.6 is 0 Å². The molecular weight excluding hydrogens is 903 g/mol. The monoisotopic (exact) mass is 1020 g/mol. The average molecular weight is 1020 g/mol. The minimum Gasteiger partial charge on any atom is -0.394 e. The maximum absolute atomic E-state index is 13.1. The Labute approximate surface area is 443 Å². The van der Waals surface area contributed by atoms with Crippen LogP contribution in [0.4, 0.5) is 0 Å². The van der Waals surface area contributed by atoms with Crippen molar-refractivity contribution in [2.45, 2.75) is 339 Å². The highest BCUT2D eigenvalue weighted by atomic mass is 16.7. The topological polar surface area (TPSA) is 169 Å². The van der Waals surface area contributed by atoms with Gasteiger partial charge in [0.25, 0.3) is 0 Å².